The van der Waals surface area contributed by atoms with Crippen molar-refractivity contribution < 1.29 is 14.7 Å². The molecule has 1 heterocycles. The lowest BCUT2D eigenvalue weighted by Gasteiger charge is -2.50. The van der Waals surface area contributed by atoms with Crippen molar-refractivity contribution in [3.63, 3.8) is 0 Å². The zero-order valence-corrected chi connectivity index (χ0v) is 22.2. The topological polar surface area (TPSA) is 82.5 Å². The summed E-state index contributed by atoms with van der Waals surface area (Å²) in [4.78, 5) is 32.5. The molecule has 2 N–H and O–H groups in total. The number of nitrogens with one attached hydrogen (secondary N) is 1. The Bertz CT molecular complexity index is 1480. The van der Waals surface area contributed by atoms with Gasteiger partial charge in [-0.3, -0.25) is 9.59 Å². The van der Waals surface area contributed by atoms with Crippen LogP contribution in [0, 0.1) is 5.41 Å². The molecule has 38 heavy (non-hydrogen) atoms. The third kappa shape index (κ3) is 3.94. The van der Waals surface area contributed by atoms with Crippen molar-refractivity contribution in [1.29, 1.82) is 0 Å². The van der Waals surface area contributed by atoms with Gasteiger partial charge in [0.25, 0.3) is 5.91 Å². The predicted molar refractivity (Wildman–Crippen MR) is 150 cm³/mol. The Balaban J connectivity index is 1.23. The Kier molecular flexibility index (Phi) is 6.13. The van der Waals surface area contributed by atoms with Crippen LogP contribution in [0.15, 0.2) is 78.2 Å². The number of hydrogen-bond donors (Lipinski definition) is 2. The lowest BCUT2D eigenvalue weighted by molar-refractivity contribution is -0.126. The number of carbonyl (C=O) groups excluding carboxylic acids is 2. The first-order chi connectivity index (χ1) is 18.4. The molecule has 0 fully saturated rings. The molecule has 0 radical (unpaired) electrons. The molecule has 0 aliphatic heterocycles. The van der Waals surface area contributed by atoms with Crippen LogP contribution in [-0.2, 0) is 4.79 Å². The number of aliphatic hydroxyl groups excluding tert-OH is 1. The van der Waals surface area contributed by atoms with Gasteiger partial charge in [-0.1, -0.05) is 60.7 Å². The van der Waals surface area contributed by atoms with Crippen LogP contribution in [0.3, 0.4) is 0 Å². The van der Waals surface area contributed by atoms with Crippen molar-refractivity contribution in [2.75, 3.05) is 25.5 Å². The minimum Gasteiger partial charge on any atom is -0.395 e. The first-order valence-electron chi connectivity index (χ1n) is 12.8. The predicted octanol–water partition coefficient (Wildman–Crippen LogP) is 5.50. The van der Waals surface area contributed by atoms with E-state index in [1.54, 1.807) is 19.2 Å². The van der Waals surface area contributed by atoms with Crippen LogP contribution in [0.25, 0.3) is 11.3 Å². The normalized spacial score (nSPS) is 20.9. The average molecular weight is 524 g/mol. The van der Waals surface area contributed by atoms with Crippen molar-refractivity contribution in [1.82, 2.24) is 9.88 Å². The number of likely N-dealkylation sites (N-methyl/N-ethyl adjacent to an activating group) is 1. The van der Waals surface area contributed by atoms with Gasteiger partial charge in [-0.15, -0.1) is 11.3 Å². The molecule has 1 aromatic heterocycles. The smallest absolute Gasteiger partial charge is 0.253 e. The van der Waals surface area contributed by atoms with E-state index >= 15 is 0 Å². The Labute approximate surface area is 226 Å². The molecular formula is C31H29N3O3S. The van der Waals surface area contributed by atoms with Crippen molar-refractivity contribution >= 4 is 28.3 Å². The van der Waals surface area contributed by atoms with Gasteiger partial charge in [-0.25, -0.2) is 4.98 Å². The van der Waals surface area contributed by atoms with Crippen LogP contribution in [0.2, 0.25) is 0 Å². The van der Waals surface area contributed by atoms with Gasteiger partial charge < -0.3 is 15.3 Å². The second-order valence-electron chi connectivity index (χ2n) is 10.4. The largest absolute Gasteiger partial charge is 0.395 e. The summed E-state index contributed by atoms with van der Waals surface area (Å²) in [6.07, 6.45) is 0.760. The highest BCUT2D eigenvalue weighted by atomic mass is 32.1. The minimum absolute atomic E-state index is 0.00613. The Morgan fingerprint density at radius 2 is 1.61 bits per heavy atom. The third-order valence-electron chi connectivity index (χ3n) is 8.08. The van der Waals surface area contributed by atoms with Gasteiger partial charge in [0.1, 0.15) is 0 Å². The lowest BCUT2D eigenvalue weighted by Crippen LogP contribution is -2.47. The van der Waals surface area contributed by atoms with E-state index in [-0.39, 0.29) is 36.8 Å². The first kappa shape index (κ1) is 24.5. The standard InChI is InChI=1S/C31H29N3O3S/c1-31(17-25-21-7-3-5-9-23(21)27(31)24-10-6-4-8-22(24)25)29(37)33-30-32-26(18-38-30)19-11-13-20(14-12-19)28(36)34(2)15-16-35/h3-14,18,25,27,35H,15-17H2,1-2H3,(H,32,33,37). The maximum atomic E-state index is 13.9. The maximum Gasteiger partial charge on any atom is 0.253 e. The van der Waals surface area contributed by atoms with E-state index in [1.165, 1.54) is 38.5 Å². The van der Waals surface area contributed by atoms with Crippen molar-refractivity contribution in [2.45, 2.75) is 25.2 Å². The monoisotopic (exact) mass is 523 g/mol. The van der Waals surface area contributed by atoms with E-state index in [4.69, 9.17) is 10.1 Å². The molecule has 3 aliphatic rings. The molecule has 6 nitrogen and oxygen atoms in total. The number of fused-ring (bicyclic) bond motifs is 1. The second-order valence-corrected chi connectivity index (χ2v) is 11.2. The number of aromatic nitrogens is 1. The molecule has 7 rings (SSSR count). The van der Waals surface area contributed by atoms with Gasteiger partial charge in [0.15, 0.2) is 5.13 Å². The molecule has 1 atom stereocenters. The van der Waals surface area contributed by atoms with E-state index < -0.39 is 5.41 Å². The summed E-state index contributed by atoms with van der Waals surface area (Å²) in [6.45, 7) is 2.30. The number of carbonyl (C=O) groups is 2. The molecule has 2 amide bonds. The van der Waals surface area contributed by atoms with Crippen molar-refractivity contribution in [3.05, 3.63) is 106 Å². The Morgan fingerprint density at radius 1 is 1.00 bits per heavy atom. The lowest BCUT2D eigenvalue weighted by atomic mass is 9.52. The molecule has 192 valence electrons. The molecule has 0 saturated heterocycles. The summed E-state index contributed by atoms with van der Waals surface area (Å²) in [5.41, 5.74) is 6.74. The number of amides is 2. The van der Waals surface area contributed by atoms with E-state index in [9.17, 15) is 9.59 Å². The van der Waals surface area contributed by atoms with E-state index in [1.807, 2.05) is 17.5 Å². The molecular weight excluding hydrogens is 494 g/mol. The molecule has 4 aromatic rings. The van der Waals surface area contributed by atoms with Gasteiger partial charge in [-0.05, 0) is 47.7 Å². The van der Waals surface area contributed by atoms with Gasteiger partial charge in [-0.2, -0.15) is 0 Å². The van der Waals surface area contributed by atoms with Crippen LogP contribution >= 0.6 is 11.3 Å². The number of nitrogens with zero attached hydrogens (tertiary/aromatic N) is 2. The zero-order chi connectivity index (χ0) is 26.4. The summed E-state index contributed by atoms with van der Waals surface area (Å²) >= 11 is 1.40. The fourth-order valence-electron chi connectivity index (χ4n) is 6.15. The molecule has 7 heteroatoms. The summed E-state index contributed by atoms with van der Waals surface area (Å²) < 4.78 is 0. The number of rotatable bonds is 6. The van der Waals surface area contributed by atoms with E-state index in [0.29, 0.717) is 10.7 Å². The van der Waals surface area contributed by atoms with Gasteiger partial charge in [0.05, 0.1) is 17.7 Å². The molecule has 2 bridgehead atoms. The molecule has 1 unspecified atom stereocenters. The van der Waals surface area contributed by atoms with E-state index in [0.717, 1.165) is 17.7 Å². The highest BCUT2D eigenvalue weighted by Crippen LogP contribution is 2.61. The van der Waals surface area contributed by atoms with Crippen LogP contribution in [0.4, 0.5) is 5.13 Å². The van der Waals surface area contributed by atoms with Gasteiger partial charge >= 0.3 is 0 Å². The number of aliphatic hydroxyl groups is 1. The minimum atomic E-state index is -0.595. The van der Waals surface area contributed by atoms with Gasteiger partial charge in [0, 0.05) is 41.9 Å². The Hall–Kier alpha value is -3.81. The second kappa shape index (κ2) is 9.49. The fraction of sp³-hybridized carbons (Fsp3) is 0.258. The van der Waals surface area contributed by atoms with Gasteiger partial charge in [0.2, 0.25) is 5.91 Å². The molecule has 3 aliphatic carbocycles. The number of hydrogen-bond acceptors (Lipinski definition) is 5. The highest BCUT2D eigenvalue weighted by Gasteiger charge is 2.53. The molecule has 0 spiro atoms. The fourth-order valence-corrected chi connectivity index (χ4v) is 6.86. The maximum absolute atomic E-state index is 13.9. The highest BCUT2D eigenvalue weighted by molar-refractivity contribution is 7.14. The third-order valence-corrected chi connectivity index (χ3v) is 8.84. The number of benzene rings is 3. The summed E-state index contributed by atoms with van der Waals surface area (Å²) in [7, 11) is 1.66. The molecule has 0 saturated carbocycles. The SMILES string of the molecule is CN(CCO)C(=O)c1ccc(-c2csc(NC(=O)C3(C)CC4c5ccccc5C3c3ccccc34)n2)cc1. The quantitative estimate of drug-likeness (QED) is 0.350. The molecule has 3 aromatic carbocycles. The van der Waals surface area contributed by atoms with E-state index in [2.05, 4.69) is 60.8 Å². The first-order valence-corrected chi connectivity index (χ1v) is 13.7. The average Bonchev–Trinajstić information content (AvgIpc) is 3.41. The van der Waals surface area contributed by atoms with Crippen molar-refractivity contribution in [3.8, 4) is 11.3 Å². The number of anilines is 1. The van der Waals surface area contributed by atoms with Crippen LogP contribution in [0.5, 0.6) is 0 Å². The van der Waals surface area contributed by atoms with Crippen LogP contribution < -0.4 is 5.32 Å². The summed E-state index contributed by atoms with van der Waals surface area (Å²) in [5, 5.41) is 14.7. The van der Waals surface area contributed by atoms with Crippen LogP contribution in [0.1, 0.15) is 57.8 Å². The summed E-state index contributed by atoms with van der Waals surface area (Å²) in [6, 6.07) is 24.3. The zero-order valence-electron chi connectivity index (χ0n) is 21.3. The Morgan fingerprint density at radius 3 is 2.21 bits per heavy atom. The number of thiazole rings is 1. The van der Waals surface area contributed by atoms with Crippen molar-refractivity contribution in [2.24, 2.45) is 5.41 Å². The summed E-state index contributed by atoms with van der Waals surface area (Å²) in [5.74, 6) is 0.0429. The van der Waals surface area contributed by atoms with Crippen LogP contribution in [-0.4, -0.2) is 47.0 Å².